The van der Waals surface area contributed by atoms with E-state index in [1.807, 2.05) is 11.3 Å². The van der Waals surface area contributed by atoms with Gasteiger partial charge in [-0.2, -0.15) is 0 Å². The van der Waals surface area contributed by atoms with E-state index in [0.29, 0.717) is 5.92 Å². The van der Waals surface area contributed by atoms with E-state index in [4.69, 9.17) is 0 Å². The maximum absolute atomic E-state index is 3.81. The molecule has 0 spiro atoms. The summed E-state index contributed by atoms with van der Waals surface area (Å²) in [7, 11) is 0. The van der Waals surface area contributed by atoms with Crippen molar-refractivity contribution in [2.75, 3.05) is 0 Å². The van der Waals surface area contributed by atoms with Gasteiger partial charge in [0.1, 0.15) is 0 Å². The van der Waals surface area contributed by atoms with E-state index < -0.39 is 0 Å². The van der Waals surface area contributed by atoms with Crippen LogP contribution in [-0.2, 0) is 0 Å². The van der Waals surface area contributed by atoms with E-state index >= 15 is 0 Å². The van der Waals surface area contributed by atoms with Gasteiger partial charge >= 0.3 is 0 Å². The molecular formula is C16H23BrS. The van der Waals surface area contributed by atoms with Crippen LogP contribution < -0.4 is 0 Å². The Hall–Kier alpha value is -0.0800. The summed E-state index contributed by atoms with van der Waals surface area (Å²) in [5.74, 6) is 1.51. The van der Waals surface area contributed by atoms with Gasteiger partial charge in [-0.25, -0.2) is 0 Å². The Morgan fingerprint density at radius 3 is 2.39 bits per heavy atom. The minimum Gasteiger partial charge on any atom is -0.144 e. The van der Waals surface area contributed by atoms with Crippen molar-refractivity contribution in [3.05, 3.63) is 25.4 Å². The van der Waals surface area contributed by atoms with Crippen LogP contribution in [0.5, 0.6) is 0 Å². The van der Waals surface area contributed by atoms with Crippen molar-refractivity contribution in [1.82, 2.24) is 0 Å². The average Bonchev–Trinajstić information content (AvgIpc) is 2.52. The van der Waals surface area contributed by atoms with Crippen molar-refractivity contribution in [1.29, 1.82) is 0 Å². The van der Waals surface area contributed by atoms with Crippen LogP contribution in [0.4, 0.5) is 0 Å². The van der Waals surface area contributed by atoms with Gasteiger partial charge in [0, 0.05) is 19.8 Å². The standard InChI is InChI=1S/C16H23BrS/c1-9(2)13-7-6-10(3)8-14(13)15-11(4)18-12(5)16(15)17/h9-10H,6-8H2,1-5H3/t10-/m1/s1. The first kappa shape index (κ1) is 14.3. The number of hydrogen-bond acceptors (Lipinski definition) is 1. The zero-order valence-electron chi connectivity index (χ0n) is 12.1. The smallest absolute Gasteiger partial charge is 0.0389 e. The van der Waals surface area contributed by atoms with E-state index in [-0.39, 0.29) is 0 Å². The summed E-state index contributed by atoms with van der Waals surface area (Å²) in [4.78, 5) is 2.89. The minimum absolute atomic E-state index is 0.680. The summed E-state index contributed by atoms with van der Waals surface area (Å²) in [5.41, 5.74) is 4.83. The summed E-state index contributed by atoms with van der Waals surface area (Å²) < 4.78 is 1.34. The van der Waals surface area contributed by atoms with Gasteiger partial charge in [-0.1, -0.05) is 26.3 Å². The average molecular weight is 327 g/mol. The molecule has 0 aliphatic heterocycles. The van der Waals surface area contributed by atoms with Crippen LogP contribution >= 0.6 is 27.3 Å². The summed E-state index contributed by atoms with van der Waals surface area (Å²) in [6.45, 7) is 11.6. The highest BCUT2D eigenvalue weighted by atomic mass is 79.9. The summed E-state index contributed by atoms with van der Waals surface area (Å²) in [5, 5.41) is 0. The van der Waals surface area contributed by atoms with Gasteiger partial charge in [0.25, 0.3) is 0 Å². The molecule has 1 aliphatic carbocycles. The third-order valence-corrected chi connectivity index (χ3v) is 6.31. The third kappa shape index (κ3) is 2.60. The molecular weight excluding hydrogens is 304 g/mol. The number of halogens is 1. The molecule has 100 valence electrons. The van der Waals surface area contributed by atoms with Crippen molar-refractivity contribution >= 4 is 32.8 Å². The van der Waals surface area contributed by atoms with Gasteiger partial charge in [-0.15, -0.1) is 11.3 Å². The molecule has 1 aromatic heterocycles. The summed E-state index contributed by atoms with van der Waals surface area (Å²) in [6.07, 6.45) is 3.90. The van der Waals surface area contributed by atoms with Crippen molar-refractivity contribution in [2.45, 2.75) is 53.9 Å². The number of aryl methyl sites for hydroxylation is 2. The van der Waals surface area contributed by atoms with Crippen molar-refractivity contribution in [3.8, 4) is 0 Å². The number of thiophene rings is 1. The van der Waals surface area contributed by atoms with Gasteiger partial charge in [-0.05, 0) is 66.4 Å². The summed E-state index contributed by atoms with van der Waals surface area (Å²) in [6, 6.07) is 0. The molecule has 0 amide bonds. The lowest BCUT2D eigenvalue weighted by molar-refractivity contribution is 0.500. The SMILES string of the molecule is Cc1sc(C)c(C2=C(C(C)C)CC[C@@H](C)C2)c1Br. The normalized spacial score (nSPS) is 20.9. The minimum atomic E-state index is 0.680. The molecule has 2 heteroatoms. The lowest BCUT2D eigenvalue weighted by Gasteiger charge is -2.28. The second kappa shape index (κ2) is 5.50. The fraction of sp³-hybridized carbons (Fsp3) is 0.625. The number of rotatable bonds is 2. The van der Waals surface area contributed by atoms with Crippen LogP contribution in [0.25, 0.3) is 5.57 Å². The topological polar surface area (TPSA) is 0 Å². The molecule has 1 aliphatic rings. The second-order valence-corrected chi connectivity index (χ2v) is 8.13. The zero-order chi connectivity index (χ0) is 13.4. The van der Waals surface area contributed by atoms with Crippen LogP contribution in [-0.4, -0.2) is 0 Å². The van der Waals surface area contributed by atoms with Crippen LogP contribution in [0.3, 0.4) is 0 Å². The quantitative estimate of drug-likeness (QED) is 0.593. The van der Waals surface area contributed by atoms with E-state index in [2.05, 4.69) is 50.5 Å². The number of hydrogen-bond donors (Lipinski definition) is 0. The van der Waals surface area contributed by atoms with Crippen molar-refractivity contribution in [2.24, 2.45) is 11.8 Å². The lowest BCUT2D eigenvalue weighted by atomic mass is 9.78. The summed E-state index contributed by atoms with van der Waals surface area (Å²) >= 11 is 5.73. The Bertz CT molecular complexity index is 480. The van der Waals surface area contributed by atoms with E-state index in [1.165, 1.54) is 39.1 Å². The predicted molar refractivity (Wildman–Crippen MR) is 86.3 cm³/mol. The molecule has 0 bridgehead atoms. The Morgan fingerprint density at radius 1 is 1.22 bits per heavy atom. The van der Waals surface area contributed by atoms with Crippen LogP contribution in [0.2, 0.25) is 0 Å². The maximum atomic E-state index is 3.81. The Labute approximate surface area is 124 Å². The molecule has 0 radical (unpaired) electrons. The molecule has 0 saturated heterocycles. The lowest BCUT2D eigenvalue weighted by Crippen LogP contribution is -2.11. The Morgan fingerprint density at radius 2 is 1.89 bits per heavy atom. The fourth-order valence-electron chi connectivity index (χ4n) is 3.04. The molecule has 1 atom stereocenters. The first-order valence-corrected chi connectivity index (χ1v) is 8.50. The van der Waals surface area contributed by atoms with Crippen molar-refractivity contribution < 1.29 is 0 Å². The first-order valence-electron chi connectivity index (χ1n) is 6.89. The highest BCUT2D eigenvalue weighted by Crippen LogP contribution is 2.45. The molecule has 0 unspecified atom stereocenters. The van der Waals surface area contributed by atoms with Gasteiger partial charge < -0.3 is 0 Å². The molecule has 0 N–H and O–H groups in total. The molecule has 1 aromatic rings. The molecule has 0 fully saturated rings. The molecule has 2 rings (SSSR count). The maximum Gasteiger partial charge on any atom is 0.0389 e. The fourth-order valence-corrected chi connectivity index (χ4v) is 4.92. The third-order valence-electron chi connectivity index (χ3n) is 4.03. The van der Waals surface area contributed by atoms with Crippen LogP contribution in [0.1, 0.15) is 55.4 Å². The van der Waals surface area contributed by atoms with Gasteiger partial charge in [0.05, 0.1) is 0 Å². The van der Waals surface area contributed by atoms with E-state index in [1.54, 1.807) is 11.1 Å². The highest BCUT2D eigenvalue weighted by molar-refractivity contribution is 9.10. The highest BCUT2D eigenvalue weighted by Gasteiger charge is 2.25. The predicted octanol–water partition coefficient (Wildman–Crippen LogP) is 6.36. The first-order chi connectivity index (χ1) is 8.41. The Kier molecular flexibility index (Phi) is 4.38. The largest absolute Gasteiger partial charge is 0.144 e. The number of allylic oxidation sites excluding steroid dienone is 2. The molecule has 0 saturated carbocycles. The molecule has 18 heavy (non-hydrogen) atoms. The molecule has 0 nitrogen and oxygen atoms in total. The second-order valence-electron chi connectivity index (χ2n) is 5.91. The molecule has 1 heterocycles. The Balaban J connectivity index is 2.57. The van der Waals surface area contributed by atoms with E-state index in [9.17, 15) is 0 Å². The monoisotopic (exact) mass is 326 g/mol. The van der Waals surface area contributed by atoms with Gasteiger partial charge in [0.15, 0.2) is 0 Å². The van der Waals surface area contributed by atoms with Gasteiger partial charge in [-0.3, -0.25) is 0 Å². The van der Waals surface area contributed by atoms with E-state index in [0.717, 1.165) is 5.92 Å². The van der Waals surface area contributed by atoms with Gasteiger partial charge in [0.2, 0.25) is 0 Å². The van der Waals surface area contributed by atoms with Crippen LogP contribution in [0, 0.1) is 25.7 Å². The zero-order valence-corrected chi connectivity index (χ0v) is 14.5. The molecule has 0 aromatic carbocycles. The van der Waals surface area contributed by atoms with Crippen LogP contribution in [0.15, 0.2) is 10.0 Å². The van der Waals surface area contributed by atoms with Crippen molar-refractivity contribution in [3.63, 3.8) is 0 Å².